The fraction of sp³-hybridized carbons (Fsp3) is 0.312. The first-order valence-corrected chi connectivity index (χ1v) is 9.10. The molecular formula is C16H21ClN2O3S. The molecule has 0 fully saturated rings. The second kappa shape index (κ2) is 8.29. The third-order valence-electron chi connectivity index (χ3n) is 3.47. The summed E-state index contributed by atoms with van der Waals surface area (Å²) < 4.78 is 22.2. The van der Waals surface area contributed by atoms with Crippen molar-refractivity contribution < 1.29 is 13.2 Å². The van der Waals surface area contributed by atoms with Gasteiger partial charge in [-0.1, -0.05) is 42.5 Å². The molecule has 1 amide bonds. The van der Waals surface area contributed by atoms with Crippen LogP contribution in [0.5, 0.6) is 0 Å². The lowest BCUT2D eigenvalue weighted by atomic mass is 10.0. The molecule has 2 rings (SSSR count). The quantitative estimate of drug-likeness (QED) is 0.823. The van der Waals surface area contributed by atoms with Crippen molar-refractivity contribution in [1.29, 1.82) is 0 Å². The van der Waals surface area contributed by atoms with Crippen LogP contribution in [0.4, 0.5) is 0 Å². The molecule has 5 nitrogen and oxygen atoms in total. The van der Waals surface area contributed by atoms with E-state index in [1.54, 1.807) is 0 Å². The van der Waals surface area contributed by atoms with Gasteiger partial charge in [0.15, 0.2) is 0 Å². The Labute approximate surface area is 142 Å². The lowest BCUT2D eigenvalue weighted by Crippen LogP contribution is -2.41. The van der Waals surface area contributed by atoms with Crippen LogP contribution in [0.15, 0.2) is 42.5 Å². The number of fused-ring (bicyclic) bond motifs is 1. The maximum absolute atomic E-state index is 11.9. The van der Waals surface area contributed by atoms with Crippen molar-refractivity contribution in [2.24, 2.45) is 5.73 Å². The van der Waals surface area contributed by atoms with Crippen LogP contribution in [0.2, 0.25) is 0 Å². The molecule has 7 heteroatoms. The highest BCUT2D eigenvalue weighted by Crippen LogP contribution is 2.18. The minimum Gasteiger partial charge on any atom is -0.351 e. The zero-order valence-electron chi connectivity index (χ0n) is 12.9. The molecule has 1 unspecified atom stereocenters. The van der Waals surface area contributed by atoms with Crippen LogP contribution >= 0.6 is 12.4 Å². The van der Waals surface area contributed by atoms with E-state index in [-0.39, 0.29) is 30.5 Å². The average Bonchev–Trinajstić information content (AvgIpc) is 2.49. The number of amides is 1. The fourth-order valence-electron chi connectivity index (χ4n) is 2.23. The summed E-state index contributed by atoms with van der Waals surface area (Å²) in [7, 11) is -3.11. The van der Waals surface area contributed by atoms with E-state index in [4.69, 9.17) is 5.73 Å². The number of halogens is 1. The van der Waals surface area contributed by atoms with Crippen LogP contribution < -0.4 is 11.1 Å². The second-order valence-corrected chi connectivity index (χ2v) is 7.64. The van der Waals surface area contributed by atoms with Gasteiger partial charge >= 0.3 is 0 Å². The number of nitrogens with one attached hydrogen (secondary N) is 1. The molecule has 0 radical (unpaired) electrons. The molecule has 0 aliphatic carbocycles. The van der Waals surface area contributed by atoms with Gasteiger partial charge in [0.1, 0.15) is 9.84 Å². The molecule has 0 bridgehead atoms. The van der Waals surface area contributed by atoms with Crippen molar-refractivity contribution in [1.82, 2.24) is 5.32 Å². The Balaban J connectivity index is 0.00000264. The standard InChI is InChI=1S/C16H20N2O3S.ClH/c1-22(20,21)10-9-15(17)16(19)18-11-13-7-4-6-12-5-2-3-8-14(12)13;/h2-8,15H,9-11,17H2,1H3,(H,18,19);1H. The summed E-state index contributed by atoms with van der Waals surface area (Å²) in [6, 6.07) is 13.0. The van der Waals surface area contributed by atoms with Gasteiger partial charge in [0.25, 0.3) is 0 Å². The topological polar surface area (TPSA) is 89.3 Å². The highest BCUT2D eigenvalue weighted by atomic mass is 35.5. The van der Waals surface area contributed by atoms with Gasteiger partial charge in [-0.2, -0.15) is 0 Å². The Morgan fingerprint density at radius 1 is 1.17 bits per heavy atom. The molecule has 0 saturated carbocycles. The van der Waals surface area contributed by atoms with Gasteiger partial charge in [-0.15, -0.1) is 12.4 Å². The molecule has 0 heterocycles. The minimum absolute atomic E-state index is 0. The normalized spacial score (nSPS) is 12.4. The maximum atomic E-state index is 11.9. The Morgan fingerprint density at radius 2 is 1.83 bits per heavy atom. The number of carbonyl (C=O) groups excluding carboxylic acids is 1. The van der Waals surface area contributed by atoms with Crippen LogP contribution in [0.3, 0.4) is 0 Å². The van der Waals surface area contributed by atoms with Gasteiger partial charge in [-0.25, -0.2) is 8.42 Å². The first-order valence-electron chi connectivity index (χ1n) is 7.04. The first kappa shape index (κ1) is 19.4. The van der Waals surface area contributed by atoms with Crippen LogP contribution in [-0.4, -0.2) is 32.4 Å². The molecule has 0 aliphatic heterocycles. The number of nitrogens with two attached hydrogens (primary N) is 1. The Kier molecular flexibility index (Phi) is 7.00. The predicted molar refractivity (Wildman–Crippen MR) is 95.3 cm³/mol. The molecule has 3 N–H and O–H groups in total. The largest absolute Gasteiger partial charge is 0.351 e. The van der Waals surface area contributed by atoms with E-state index in [0.717, 1.165) is 22.6 Å². The average molecular weight is 357 g/mol. The molecule has 23 heavy (non-hydrogen) atoms. The molecule has 2 aromatic rings. The van der Waals surface area contributed by atoms with Crippen LogP contribution in [0, 0.1) is 0 Å². The summed E-state index contributed by atoms with van der Waals surface area (Å²) in [6.45, 7) is 0.368. The predicted octanol–water partition coefficient (Wildman–Crippen LogP) is 1.64. The van der Waals surface area contributed by atoms with Gasteiger partial charge < -0.3 is 11.1 Å². The summed E-state index contributed by atoms with van der Waals surface area (Å²) in [6.07, 6.45) is 1.26. The van der Waals surface area contributed by atoms with Gasteiger partial charge in [-0.05, 0) is 22.8 Å². The van der Waals surface area contributed by atoms with Crippen molar-refractivity contribution in [3.63, 3.8) is 0 Å². The van der Waals surface area contributed by atoms with E-state index < -0.39 is 15.9 Å². The number of hydrogen-bond donors (Lipinski definition) is 2. The van der Waals surface area contributed by atoms with E-state index >= 15 is 0 Å². The first-order chi connectivity index (χ1) is 10.4. The SMILES string of the molecule is CS(=O)(=O)CCC(N)C(=O)NCc1cccc2ccccc12.Cl. The lowest BCUT2D eigenvalue weighted by molar-refractivity contribution is -0.122. The fourth-order valence-corrected chi connectivity index (χ4v) is 2.91. The number of hydrogen-bond acceptors (Lipinski definition) is 4. The number of carbonyl (C=O) groups is 1. The number of rotatable bonds is 6. The molecular weight excluding hydrogens is 336 g/mol. The highest BCUT2D eigenvalue weighted by Gasteiger charge is 2.15. The summed E-state index contributed by atoms with van der Waals surface area (Å²) in [5, 5.41) is 4.95. The summed E-state index contributed by atoms with van der Waals surface area (Å²) >= 11 is 0. The number of sulfone groups is 1. The maximum Gasteiger partial charge on any atom is 0.237 e. The van der Waals surface area contributed by atoms with E-state index in [1.165, 1.54) is 0 Å². The third kappa shape index (κ3) is 5.82. The van der Waals surface area contributed by atoms with Crippen molar-refractivity contribution in [2.75, 3.05) is 12.0 Å². The molecule has 0 aromatic heterocycles. The van der Waals surface area contributed by atoms with Crippen LogP contribution in [-0.2, 0) is 21.2 Å². The van der Waals surface area contributed by atoms with Crippen molar-refractivity contribution >= 4 is 38.9 Å². The second-order valence-electron chi connectivity index (χ2n) is 5.38. The van der Waals surface area contributed by atoms with Gasteiger partial charge in [0.2, 0.25) is 5.91 Å². The lowest BCUT2D eigenvalue weighted by Gasteiger charge is -2.13. The van der Waals surface area contributed by atoms with E-state index in [0.29, 0.717) is 6.54 Å². The molecule has 0 saturated heterocycles. The van der Waals surface area contributed by atoms with Crippen LogP contribution in [0.1, 0.15) is 12.0 Å². The van der Waals surface area contributed by atoms with E-state index in [9.17, 15) is 13.2 Å². The van der Waals surface area contributed by atoms with Crippen molar-refractivity contribution in [2.45, 2.75) is 19.0 Å². The molecule has 126 valence electrons. The summed E-state index contributed by atoms with van der Waals surface area (Å²) in [5.41, 5.74) is 6.73. The van der Waals surface area contributed by atoms with Crippen LogP contribution in [0.25, 0.3) is 10.8 Å². The van der Waals surface area contributed by atoms with E-state index in [1.807, 2.05) is 42.5 Å². The van der Waals surface area contributed by atoms with Crippen molar-refractivity contribution in [3.8, 4) is 0 Å². The zero-order valence-corrected chi connectivity index (χ0v) is 14.5. The monoisotopic (exact) mass is 356 g/mol. The smallest absolute Gasteiger partial charge is 0.237 e. The highest BCUT2D eigenvalue weighted by molar-refractivity contribution is 7.90. The van der Waals surface area contributed by atoms with Gasteiger partial charge in [-0.3, -0.25) is 4.79 Å². The molecule has 2 aromatic carbocycles. The minimum atomic E-state index is -3.11. The summed E-state index contributed by atoms with van der Waals surface area (Å²) in [4.78, 5) is 11.9. The molecule has 0 spiro atoms. The van der Waals surface area contributed by atoms with Gasteiger partial charge in [0.05, 0.1) is 11.8 Å². The Morgan fingerprint density at radius 3 is 2.52 bits per heavy atom. The zero-order chi connectivity index (χ0) is 16.2. The molecule has 1 atom stereocenters. The third-order valence-corrected chi connectivity index (χ3v) is 4.45. The number of benzene rings is 2. The van der Waals surface area contributed by atoms with Crippen molar-refractivity contribution in [3.05, 3.63) is 48.0 Å². The Hall–Kier alpha value is -1.63. The summed E-state index contributed by atoms with van der Waals surface area (Å²) in [5.74, 6) is -0.424. The van der Waals surface area contributed by atoms with Gasteiger partial charge in [0, 0.05) is 12.8 Å². The molecule has 0 aliphatic rings. The Bertz CT molecular complexity index is 772. The van der Waals surface area contributed by atoms with E-state index in [2.05, 4.69) is 5.32 Å².